The highest BCUT2D eigenvalue weighted by Gasteiger charge is 2.59. The van der Waals surface area contributed by atoms with Crippen molar-refractivity contribution in [1.29, 1.82) is 0 Å². The summed E-state index contributed by atoms with van der Waals surface area (Å²) in [5, 5.41) is 0. The Balaban J connectivity index is 2.07. The van der Waals surface area contributed by atoms with E-state index in [-0.39, 0.29) is 5.41 Å². The quantitative estimate of drug-likeness (QED) is 0.702. The van der Waals surface area contributed by atoms with Gasteiger partial charge in [-0.15, -0.1) is 0 Å². The van der Waals surface area contributed by atoms with Gasteiger partial charge in [-0.25, -0.2) is 0 Å². The topological polar surface area (TPSA) is 23.6 Å². The van der Waals surface area contributed by atoms with Gasteiger partial charge in [0.15, 0.2) is 0 Å². The van der Waals surface area contributed by atoms with Crippen LogP contribution in [0.2, 0.25) is 0 Å². The maximum Gasteiger partial charge on any atom is 0.231 e. The molecule has 0 bridgehead atoms. The summed E-state index contributed by atoms with van der Waals surface area (Å²) in [6.07, 6.45) is 3.24. The van der Waals surface area contributed by atoms with E-state index in [2.05, 4.69) is 37.6 Å². The lowest BCUT2D eigenvalue weighted by Gasteiger charge is -2.59. The van der Waals surface area contributed by atoms with Crippen LogP contribution < -0.4 is 0 Å². The highest BCUT2D eigenvalue weighted by molar-refractivity contribution is 5.90. The fraction of sp³-hybridized carbons (Fsp3) is 0.929. The van der Waals surface area contributed by atoms with E-state index in [4.69, 9.17) is 0 Å². The van der Waals surface area contributed by atoms with E-state index in [0.29, 0.717) is 17.9 Å². The van der Waals surface area contributed by atoms with Crippen molar-refractivity contribution >= 4 is 5.91 Å². The summed E-state index contributed by atoms with van der Waals surface area (Å²) in [5.74, 6) is 1.02. The van der Waals surface area contributed by atoms with Crippen molar-refractivity contribution in [3.8, 4) is 0 Å². The Bertz CT molecular complexity index is 293. The number of carbonyl (C=O) groups is 1. The van der Waals surface area contributed by atoms with Crippen molar-refractivity contribution in [2.45, 2.75) is 46.1 Å². The normalized spacial score (nSPS) is 28.9. The number of nitrogens with zero attached hydrogens (tertiary/aromatic N) is 2. The summed E-state index contributed by atoms with van der Waals surface area (Å²) in [4.78, 5) is 16.9. The maximum absolute atomic E-state index is 12.5. The summed E-state index contributed by atoms with van der Waals surface area (Å²) >= 11 is 0. The lowest BCUT2D eigenvalue weighted by atomic mass is 9.63. The molecule has 98 valence electrons. The molecule has 1 unspecified atom stereocenters. The molecule has 2 rings (SSSR count). The minimum absolute atomic E-state index is 0.0101. The molecule has 0 aromatic heterocycles. The van der Waals surface area contributed by atoms with Gasteiger partial charge < -0.3 is 9.80 Å². The number of carbonyl (C=O) groups excluding carboxylic acids is 1. The van der Waals surface area contributed by atoms with Gasteiger partial charge in [0.1, 0.15) is 0 Å². The van der Waals surface area contributed by atoms with Gasteiger partial charge in [0.25, 0.3) is 0 Å². The molecule has 17 heavy (non-hydrogen) atoms. The second kappa shape index (κ2) is 4.60. The fourth-order valence-electron chi connectivity index (χ4n) is 3.58. The van der Waals surface area contributed by atoms with E-state index in [1.54, 1.807) is 0 Å². The third-order valence-corrected chi connectivity index (χ3v) is 4.53. The zero-order valence-corrected chi connectivity index (χ0v) is 11.7. The molecule has 0 aliphatic carbocycles. The molecule has 0 N–H and O–H groups in total. The minimum atomic E-state index is 0.0101. The number of likely N-dealkylation sites (tertiary alicyclic amines) is 2. The van der Waals surface area contributed by atoms with Gasteiger partial charge in [-0.05, 0) is 45.3 Å². The molecule has 3 nitrogen and oxygen atoms in total. The monoisotopic (exact) mass is 238 g/mol. The maximum atomic E-state index is 12.5. The lowest BCUT2D eigenvalue weighted by Crippen LogP contribution is -2.71. The van der Waals surface area contributed by atoms with Crippen LogP contribution in [0.5, 0.6) is 0 Å². The average molecular weight is 238 g/mol. The largest absolute Gasteiger partial charge is 0.338 e. The van der Waals surface area contributed by atoms with Crippen molar-refractivity contribution in [2.24, 2.45) is 11.3 Å². The number of amides is 1. The highest BCUT2D eigenvalue weighted by Crippen LogP contribution is 2.48. The summed E-state index contributed by atoms with van der Waals surface area (Å²) in [7, 11) is 2.16. The van der Waals surface area contributed by atoms with Crippen LogP contribution in [0.25, 0.3) is 0 Å². The van der Waals surface area contributed by atoms with Crippen LogP contribution in [-0.2, 0) is 4.79 Å². The van der Waals surface area contributed by atoms with Crippen LogP contribution in [0, 0.1) is 11.3 Å². The van der Waals surface area contributed by atoms with Gasteiger partial charge >= 0.3 is 0 Å². The average Bonchev–Trinajstić information content (AvgIpc) is 2.30. The molecule has 0 radical (unpaired) electrons. The molecule has 1 amide bonds. The van der Waals surface area contributed by atoms with Crippen LogP contribution in [0.4, 0.5) is 0 Å². The highest BCUT2D eigenvalue weighted by atomic mass is 16.2. The zero-order chi connectivity index (χ0) is 12.6. The Hall–Kier alpha value is -0.570. The van der Waals surface area contributed by atoms with Crippen LogP contribution in [0.3, 0.4) is 0 Å². The third kappa shape index (κ3) is 1.99. The van der Waals surface area contributed by atoms with Crippen molar-refractivity contribution in [1.82, 2.24) is 9.80 Å². The predicted molar refractivity (Wildman–Crippen MR) is 69.8 cm³/mol. The Morgan fingerprint density at radius 2 is 1.94 bits per heavy atom. The van der Waals surface area contributed by atoms with Gasteiger partial charge in [-0.1, -0.05) is 20.8 Å². The third-order valence-electron chi connectivity index (χ3n) is 4.53. The molecule has 1 atom stereocenters. The van der Waals surface area contributed by atoms with Crippen molar-refractivity contribution in [3.05, 3.63) is 0 Å². The molecule has 2 fully saturated rings. The van der Waals surface area contributed by atoms with Crippen LogP contribution >= 0.6 is 0 Å². The minimum Gasteiger partial charge on any atom is -0.338 e. The van der Waals surface area contributed by atoms with Gasteiger partial charge in [-0.2, -0.15) is 0 Å². The number of rotatable bonds is 3. The summed E-state index contributed by atoms with van der Waals surface area (Å²) in [6.45, 7) is 9.72. The first kappa shape index (κ1) is 12.9. The summed E-state index contributed by atoms with van der Waals surface area (Å²) in [6, 6.07) is 0.506. The first-order valence-electron chi connectivity index (χ1n) is 7.01. The molecule has 0 saturated carbocycles. The van der Waals surface area contributed by atoms with Crippen molar-refractivity contribution < 1.29 is 4.79 Å². The second-order valence-electron chi connectivity index (χ2n) is 6.23. The molecule has 3 heteroatoms. The molecule has 2 aliphatic heterocycles. The molecule has 2 aliphatic rings. The number of hydrogen-bond donors (Lipinski definition) is 0. The molecule has 2 heterocycles. The first-order valence-corrected chi connectivity index (χ1v) is 7.01. The van der Waals surface area contributed by atoms with Gasteiger partial charge in [0.05, 0.1) is 5.41 Å². The molecule has 2 saturated heterocycles. The molecular formula is C14H26N2O. The molecular weight excluding hydrogens is 212 g/mol. The molecule has 1 spiro atoms. The van der Waals surface area contributed by atoms with Crippen molar-refractivity contribution in [3.63, 3.8) is 0 Å². The predicted octanol–water partition coefficient (Wildman–Crippen LogP) is 1.98. The summed E-state index contributed by atoms with van der Waals surface area (Å²) in [5.41, 5.74) is 0.0101. The van der Waals surface area contributed by atoms with E-state index in [9.17, 15) is 4.79 Å². The van der Waals surface area contributed by atoms with E-state index in [0.717, 1.165) is 38.9 Å². The Labute approximate surface area is 105 Å². The number of hydrogen-bond acceptors (Lipinski definition) is 2. The Morgan fingerprint density at radius 1 is 1.35 bits per heavy atom. The standard InChI is InChI=1S/C14H26N2O/c1-5-12-14(6-8-15(4)9-7-14)13(17)16(12)10-11(2)3/h11-12H,5-10H2,1-4H3. The second-order valence-corrected chi connectivity index (χ2v) is 6.23. The van der Waals surface area contributed by atoms with Crippen LogP contribution in [0.1, 0.15) is 40.0 Å². The molecule has 0 aromatic rings. The SMILES string of the molecule is CCC1N(CC(C)C)C(=O)C12CCN(C)CC2. The van der Waals surface area contributed by atoms with Gasteiger partial charge in [0, 0.05) is 12.6 Å². The van der Waals surface area contributed by atoms with E-state index in [1.807, 2.05) is 0 Å². The number of β-lactam (4-membered cyclic amide) rings is 1. The van der Waals surface area contributed by atoms with Gasteiger partial charge in [-0.3, -0.25) is 4.79 Å². The fourth-order valence-corrected chi connectivity index (χ4v) is 3.58. The Kier molecular flexibility index (Phi) is 3.48. The Morgan fingerprint density at radius 3 is 2.41 bits per heavy atom. The van der Waals surface area contributed by atoms with E-state index >= 15 is 0 Å². The lowest BCUT2D eigenvalue weighted by molar-refractivity contribution is -0.180. The zero-order valence-electron chi connectivity index (χ0n) is 11.7. The number of piperidine rings is 1. The van der Waals surface area contributed by atoms with E-state index < -0.39 is 0 Å². The van der Waals surface area contributed by atoms with E-state index in [1.165, 1.54) is 0 Å². The molecule has 0 aromatic carbocycles. The van der Waals surface area contributed by atoms with Crippen molar-refractivity contribution in [2.75, 3.05) is 26.7 Å². The van der Waals surface area contributed by atoms with Crippen LogP contribution in [-0.4, -0.2) is 48.4 Å². The first-order chi connectivity index (χ1) is 8.01. The van der Waals surface area contributed by atoms with Gasteiger partial charge in [0.2, 0.25) is 5.91 Å². The van der Waals surface area contributed by atoms with Crippen LogP contribution in [0.15, 0.2) is 0 Å². The smallest absolute Gasteiger partial charge is 0.231 e. The summed E-state index contributed by atoms with van der Waals surface area (Å²) < 4.78 is 0.